The number of benzene rings is 1. The van der Waals surface area contributed by atoms with Gasteiger partial charge in [0.2, 0.25) is 5.91 Å². The van der Waals surface area contributed by atoms with Crippen LogP contribution in [0, 0.1) is 0 Å². The van der Waals surface area contributed by atoms with Gasteiger partial charge < -0.3 is 10.5 Å². The predicted molar refractivity (Wildman–Crippen MR) is 87.3 cm³/mol. The molecule has 0 aliphatic heterocycles. The van der Waals surface area contributed by atoms with E-state index in [1.54, 1.807) is 7.11 Å². The molecule has 1 fully saturated rings. The third kappa shape index (κ3) is 4.45. The summed E-state index contributed by atoms with van der Waals surface area (Å²) in [7, 11) is 1.61. The summed E-state index contributed by atoms with van der Waals surface area (Å²) in [5.74, 6) is 0.318. The van der Waals surface area contributed by atoms with Crippen molar-refractivity contribution in [2.24, 2.45) is 5.73 Å². The van der Waals surface area contributed by atoms with Gasteiger partial charge in [-0.3, -0.25) is 10.1 Å². The molecule has 0 radical (unpaired) electrons. The highest BCUT2D eigenvalue weighted by molar-refractivity contribution is 9.10. The summed E-state index contributed by atoms with van der Waals surface area (Å²) in [6, 6.07) is 5.47. The maximum atomic E-state index is 11.9. The molecule has 4 nitrogen and oxygen atoms in total. The molecular formula is C16H23BrN2O2. The van der Waals surface area contributed by atoms with E-state index in [2.05, 4.69) is 21.2 Å². The number of halogens is 1. The largest absolute Gasteiger partial charge is 0.496 e. The molecule has 0 spiro atoms. The van der Waals surface area contributed by atoms with Crippen LogP contribution in [0.2, 0.25) is 0 Å². The lowest BCUT2D eigenvalue weighted by Crippen LogP contribution is -2.40. The van der Waals surface area contributed by atoms with Crippen LogP contribution in [0.1, 0.15) is 50.1 Å². The van der Waals surface area contributed by atoms with Crippen molar-refractivity contribution in [1.82, 2.24) is 5.32 Å². The Balaban J connectivity index is 2.22. The fraction of sp³-hybridized carbons (Fsp3) is 0.562. The lowest BCUT2D eigenvalue weighted by Gasteiger charge is -2.24. The van der Waals surface area contributed by atoms with Crippen LogP contribution in [0.25, 0.3) is 0 Å². The minimum atomic E-state index is -0.513. The zero-order chi connectivity index (χ0) is 15.2. The molecule has 0 saturated heterocycles. The maximum absolute atomic E-state index is 11.9. The summed E-state index contributed by atoms with van der Waals surface area (Å²) in [6.07, 6.45) is 7.16. The van der Waals surface area contributed by atoms with Crippen LogP contribution in [-0.2, 0) is 4.79 Å². The Bertz CT molecular complexity index is 485. The Labute approximate surface area is 134 Å². The third-order valence-electron chi connectivity index (χ3n) is 4.04. The molecule has 21 heavy (non-hydrogen) atoms. The number of carbonyl (C=O) groups excluding carboxylic acids is 1. The number of carbonyl (C=O) groups is 1. The molecule has 0 bridgehead atoms. The number of nitrogens with two attached hydrogens (primary N) is 1. The summed E-state index contributed by atoms with van der Waals surface area (Å²) >= 11 is 3.45. The van der Waals surface area contributed by atoms with E-state index in [9.17, 15) is 4.79 Å². The fourth-order valence-corrected chi connectivity index (χ4v) is 3.32. The Hall–Kier alpha value is -1.07. The van der Waals surface area contributed by atoms with E-state index in [-0.39, 0.29) is 5.91 Å². The van der Waals surface area contributed by atoms with Crippen molar-refractivity contribution in [3.05, 3.63) is 28.2 Å². The van der Waals surface area contributed by atoms with E-state index in [0.29, 0.717) is 11.8 Å². The summed E-state index contributed by atoms with van der Waals surface area (Å²) in [5, 5.41) is 3.44. The number of primary amides is 1. The number of rotatable bonds is 5. The highest BCUT2D eigenvalue weighted by atomic mass is 79.9. The molecule has 1 amide bonds. The summed E-state index contributed by atoms with van der Waals surface area (Å²) in [6.45, 7) is 0. The number of hydrogen-bond acceptors (Lipinski definition) is 3. The van der Waals surface area contributed by atoms with Gasteiger partial charge in [-0.2, -0.15) is 0 Å². The number of nitrogens with one attached hydrogen (secondary N) is 1. The van der Waals surface area contributed by atoms with Gasteiger partial charge in [-0.1, -0.05) is 41.6 Å². The second kappa shape index (κ2) is 7.80. The van der Waals surface area contributed by atoms with Gasteiger partial charge in [0.1, 0.15) is 11.8 Å². The molecule has 1 atom stereocenters. The molecular weight excluding hydrogens is 332 g/mol. The third-order valence-corrected chi connectivity index (χ3v) is 4.54. The molecule has 116 valence electrons. The second-order valence-corrected chi connectivity index (χ2v) is 6.49. The Morgan fingerprint density at radius 3 is 2.57 bits per heavy atom. The SMILES string of the molecule is COc1ccc(Br)cc1C(NC1CCCCCC1)C(N)=O. The van der Waals surface area contributed by atoms with Crippen molar-refractivity contribution in [3.63, 3.8) is 0 Å². The van der Waals surface area contributed by atoms with Gasteiger partial charge in [0.25, 0.3) is 0 Å². The van der Waals surface area contributed by atoms with Crippen LogP contribution in [0.15, 0.2) is 22.7 Å². The Morgan fingerprint density at radius 2 is 2.00 bits per heavy atom. The number of methoxy groups -OCH3 is 1. The lowest BCUT2D eigenvalue weighted by molar-refractivity contribution is -0.120. The summed E-state index contributed by atoms with van der Waals surface area (Å²) in [4.78, 5) is 11.9. The van der Waals surface area contributed by atoms with Gasteiger partial charge in [-0.25, -0.2) is 0 Å². The molecule has 1 unspecified atom stereocenters. The van der Waals surface area contributed by atoms with Crippen molar-refractivity contribution < 1.29 is 9.53 Å². The zero-order valence-electron chi connectivity index (χ0n) is 12.4. The lowest BCUT2D eigenvalue weighted by atomic mass is 10.0. The molecule has 1 aromatic carbocycles. The molecule has 2 rings (SSSR count). The van der Waals surface area contributed by atoms with Gasteiger partial charge in [-0.05, 0) is 31.0 Å². The quantitative estimate of drug-likeness (QED) is 0.797. The molecule has 3 N–H and O–H groups in total. The first-order valence-electron chi connectivity index (χ1n) is 7.50. The zero-order valence-corrected chi connectivity index (χ0v) is 14.0. The first-order chi connectivity index (χ1) is 10.1. The molecule has 0 aromatic heterocycles. The van der Waals surface area contributed by atoms with Crippen LogP contribution in [0.4, 0.5) is 0 Å². The smallest absolute Gasteiger partial charge is 0.239 e. The number of amides is 1. The Morgan fingerprint density at radius 1 is 1.33 bits per heavy atom. The standard InChI is InChI=1S/C16H23BrN2O2/c1-21-14-9-8-11(17)10-13(14)15(16(18)20)19-12-6-4-2-3-5-7-12/h8-10,12,15,19H,2-7H2,1H3,(H2,18,20). The maximum Gasteiger partial charge on any atom is 0.239 e. The highest BCUT2D eigenvalue weighted by Gasteiger charge is 2.25. The fourth-order valence-electron chi connectivity index (χ4n) is 2.94. The highest BCUT2D eigenvalue weighted by Crippen LogP contribution is 2.30. The first kappa shape index (κ1) is 16.3. The van der Waals surface area contributed by atoms with Crippen LogP contribution in [0.3, 0.4) is 0 Å². The molecule has 1 aliphatic carbocycles. The van der Waals surface area contributed by atoms with E-state index in [1.807, 2.05) is 18.2 Å². The van der Waals surface area contributed by atoms with E-state index in [1.165, 1.54) is 25.7 Å². The second-order valence-electron chi connectivity index (χ2n) is 5.58. The molecule has 0 heterocycles. The van der Waals surface area contributed by atoms with Crippen LogP contribution in [0.5, 0.6) is 5.75 Å². The van der Waals surface area contributed by atoms with Gasteiger partial charge in [0.15, 0.2) is 0 Å². The predicted octanol–water partition coefficient (Wildman–Crippen LogP) is 3.30. The summed E-state index contributed by atoms with van der Waals surface area (Å²) < 4.78 is 6.29. The van der Waals surface area contributed by atoms with E-state index < -0.39 is 6.04 Å². The van der Waals surface area contributed by atoms with Gasteiger partial charge in [0, 0.05) is 16.1 Å². The molecule has 1 aliphatic rings. The molecule has 5 heteroatoms. The average molecular weight is 355 g/mol. The van der Waals surface area contributed by atoms with Gasteiger partial charge in [0.05, 0.1) is 7.11 Å². The van der Waals surface area contributed by atoms with E-state index in [0.717, 1.165) is 22.9 Å². The Kier molecular flexibility index (Phi) is 6.06. The van der Waals surface area contributed by atoms with Gasteiger partial charge >= 0.3 is 0 Å². The molecule has 1 aromatic rings. The van der Waals surface area contributed by atoms with Crippen molar-refractivity contribution in [3.8, 4) is 5.75 Å². The number of ether oxygens (including phenoxy) is 1. The first-order valence-corrected chi connectivity index (χ1v) is 8.30. The van der Waals surface area contributed by atoms with E-state index in [4.69, 9.17) is 10.5 Å². The van der Waals surface area contributed by atoms with Crippen molar-refractivity contribution >= 4 is 21.8 Å². The van der Waals surface area contributed by atoms with E-state index >= 15 is 0 Å². The van der Waals surface area contributed by atoms with Gasteiger partial charge in [-0.15, -0.1) is 0 Å². The minimum Gasteiger partial charge on any atom is -0.496 e. The topological polar surface area (TPSA) is 64.3 Å². The van der Waals surface area contributed by atoms with Crippen molar-refractivity contribution in [2.75, 3.05) is 7.11 Å². The average Bonchev–Trinajstić information content (AvgIpc) is 2.73. The van der Waals surface area contributed by atoms with Crippen LogP contribution in [-0.4, -0.2) is 19.1 Å². The van der Waals surface area contributed by atoms with Crippen LogP contribution < -0.4 is 15.8 Å². The number of hydrogen-bond donors (Lipinski definition) is 2. The van der Waals surface area contributed by atoms with Crippen molar-refractivity contribution in [2.45, 2.75) is 50.6 Å². The van der Waals surface area contributed by atoms with Crippen LogP contribution >= 0.6 is 15.9 Å². The monoisotopic (exact) mass is 354 g/mol. The normalized spacial score (nSPS) is 18.0. The minimum absolute atomic E-state index is 0.341. The van der Waals surface area contributed by atoms with Crippen molar-refractivity contribution in [1.29, 1.82) is 0 Å². The summed E-state index contributed by atoms with van der Waals surface area (Å²) in [5.41, 5.74) is 6.42. The molecule has 1 saturated carbocycles.